The minimum absolute atomic E-state index is 0.0364. The molecule has 0 bridgehead atoms. The Hall–Kier alpha value is -3.89. The van der Waals surface area contributed by atoms with Crippen molar-refractivity contribution in [3.05, 3.63) is 53.4 Å². The summed E-state index contributed by atoms with van der Waals surface area (Å²) in [5, 5.41) is 9.08. The lowest BCUT2D eigenvalue weighted by Gasteiger charge is -2.26. The molecule has 212 valence electrons. The maximum atomic E-state index is 13.0. The zero-order valence-electron chi connectivity index (χ0n) is 23.2. The van der Waals surface area contributed by atoms with Crippen molar-refractivity contribution in [2.24, 2.45) is 5.41 Å². The van der Waals surface area contributed by atoms with Crippen LogP contribution in [0.3, 0.4) is 0 Å². The highest BCUT2D eigenvalue weighted by molar-refractivity contribution is 6.38. The molecule has 3 atom stereocenters. The molecule has 0 unspecified atom stereocenters. The molecule has 1 saturated heterocycles. The second-order valence-electron chi connectivity index (χ2n) is 10.6. The minimum Gasteiger partial charge on any atom is -0.444 e. The number of alkyl carbamates (subject to hydrolysis) is 1. The lowest BCUT2D eigenvalue weighted by molar-refractivity contribution is -0.139. The van der Waals surface area contributed by atoms with Crippen LogP contribution in [0.5, 0.6) is 0 Å². The van der Waals surface area contributed by atoms with Gasteiger partial charge >= 0.3 is 12.2 Å². The third-order valence-electron chi connectivity index (χ3n) is 6.71. The van der Waals surface area contributed by atoms with Crippen molar-refractivity contribution in [1.82, 2.24) is 20.7 Å². The molecule has 39 heavy (non-hydrogen) atoms. The van der Waals surface area contributed by atoms with Gasteiger partial charge in [0.25, 0.3) is 5.91 Å². The Labute approximate surface area is 228 Å². The lowest BCUT2D eigenvalue weighted by Crippen LogP contribution is -2.49. The average molecular weight is 543 g/mol. The van der Waals surface area contributed by atoms with Crippen LogP contribution in [0.1, 0.15) is 70.0 Å². The highest BCUT2D eigenvalue weighted by Gasteiger charge is 2.45. The Balaban J connectivity index is 1.56. The van der Waals surface area contributed by atoms with E-state index in [1.54, 1.807) is 19.9 Å². The second kappa shape index (κ2) is 13.3. The van der Waals surface area contributed by atoms with E-state index in [1.165, 1.54) is 4.90 Å². The summed E-state index contributed by atoms with van der Waals surface area (Å²) in [5.41, 5.74) is 0.794. The summed E-state index contributed by atoms with van der Waals surface area (Å²) in [6.07, 6.45) is -0.310. The maximum Gasteiger partial charge on any atom is 0.410 e. The number of nitrogens with one attached hydrogen (secondary N) is 2. The fourth-order valence-corrected chi connectivity index (χ4v) is 4.39. The van der Waals surface area contributed by atoms with Gasteiger partial charge in [-0.3, -0.25) is 9.59 Å². The molecule has 3 rings (SSSR count). The maximum absolute atomic E-state index is 13.0. The molecular formula is C28H38N4O7. The molecule has 0 saturated carbocycles. The Morgan fingerprint density at radius 2 is 1.90 bits per heavy atom. The number of carbonyl (C=O) groups excluding carboxylic acids is 4. The van der Waals surface area contributed by atoms with Crippen LogP contribution in [-0.4, -0.2) is 59.2 Å². The van der Waals surface area contributed by atoms with Crippen molar-refractivity contribution in [2.75, 3.05) is 13.1 Å². The van der Waals surface area contributed by atoms with Crippen LogP contribution >= 0.6 is 0 Å². The number of Topliss-reactive ketones (excluding diaryl/α,β-unsaturated/α-hetero) is 1. The summed E-state index contributed by atoms with van der Waals surface area (Å²) >= 11 is 0. The number of rotatable bonds is 11. The first kappa shape index (κ1) is 29.7. The zero-order chi connectivity index (χ0) is 28.6. The largest absolute Gasteiger partial charge is 0.444 e. The van der Waals surface area contributed by atoms with Crippen molar-refractivity contribution < 1.29 is 33.2 Å². The fourth-order valence-electron chi connectivity index (χ4n) is 4.39. The average Bonchev–Trinajstić information content (AvgIpc) is 3.46. The lowest BCUT2D eigenvalue weighted by atomic mass is 9.90. The van der Waals surface area contributed by atoms with Gasteiger partial charge in [-0.15, -0.1) is 0 Å². The molecule has 3 amide bonds. The van der Waals surface area contributed by atoms with Crippen LogP contribution in [0.15, 0.2) is 40.9 Å². The number of hydrogen-bond acceptors (Lipinski definition) is 8. The number of ketones is 1. The van der Waals surface area contributed by atoms with E-state index in [1.807, 2.05) is 51.1 Å². The Morgan fingerprint density at radius 3 is 2.54 bits per heavy atom. The summed E-state index contributed by atoms with van der Waals surface area (Å²) in [6.45, 7) is 9.62. The Morgan fingerprint density at radius 1 is 1.18 bits per heavy atom. The van der Waals surface area contributed by atoms with Gasteiger partial charge in [-0.1, -0.05) is 69.1 Å². The van der Waals surface area contributed by atoms with E-state index < -0.39 is 41.4 Å². The second-order valence-corrected chi connectivity index (χ2v) is 10.6. The Bertz CT molecular complexity index is 1150. The number of ether oxygens (including phenoxy) is 2. The smallest absolute Gasteiger partial charge is 0.410 e. The molecule has 2 N–H and O–H groups in total. The van der Waals surface area contributed by atoms with E-state index in [0.29, 0.717) is 30.8 Å². The summed E-state index contributed by atoms with van der Waals surface area (Å²) in [4.78, 5) is 52.6. The van der Waals surface area contributed by atoms with Crippen LogP contribution in [0.25, 0.3) is 0 Å². The van der Waals surface area contributed by atoms with Crippen LogP contribution in [-0.2, 0) is 25.7 Å². The monoisotopic (exact) mass is 542 g/mol. The summed E-state index contributed by atoms with van der Waals surface area (Å²) in [5.74, 6) is -0.894. The van der Waals surface area contributed by atoms with Gasteiger partial charge in [-0.2, -0.15) is 0 Å². The van der Waals surface area contributed by atoms with Crippen LogP contribution in [0.4, 0.5) is 9.59 Å². The molecule has 1 aliphatic heterocycles. The minimum atomic E-state index is -1.03. The van der Waals surface area contributed by atoms with E-state index in [4.69, 9.17) is 14.0 Å². The van der Waals surface area contributed by atoms with Gasteiger partial charge in [-0.25, -0.2) is 9.59 Å². The number of aromatic nitrogens is 1. The first-order chi connectivity index (χ1) is 18.5. The van der Waals surface area contributed by atoms with Crippen molar-refractivity contribution in [3.63, 3.8) is 0 Å². The number of aryl methyl sites for hydroxylation is 1. The molecule has 0 radical (unpaired) electrons. The van der Waals surface area contributed by atoms with Gasteiger partial charge in [0, 0.05) is 18.0 Å². The number of likely N-dealkylation sites (tertiary alicyclic amines) is 1. The highest BCUT2D eigenvalue weighted by Crippen LogP contribution is 2.32. The van der Waals surface area contributed by atoms with E-state index in [0.717, 1.165) is 12.0 Å². The number of amides is 3. The van der Waals surface area contributed by atoms with Crippen molar-refractivity contribution in [3.8, 4) is 0 Å². The summed E-state index contributed by atoms with van der Waals surface area (Å²) < 4.78 is 15.9. The van der Waals surface area contributed by atoms with E-state index in [2.05, 4.69) is 15.8 Å². The van der Waals surface area contributed by atoms with Crippen molar-refractivity contribution in [1.29, 1.82) is 0 Å². The molecule has 2 heterocycles. The summed E-state index contributed by atoms with van der Waals surface area (Å²) in [7, 11) is 0. The molecule has 0 spiro atoms. The van der Waals surface area contributed by atoms with E-state index in [9.17, 15) is 19.2 Å². The quantitative estimate of drug-likeness (QED) is 0.405. The highest BCUT2D eigenvalue weighted by atomic mass is 16.6. The van der Waals surface area contributed by atoms with Crippen LogP contribution in [0.2, 0.25) is 0 Å². The third-order valence-corrected chi connectivity index (χ3v) is 6.71. The number of unbranched alkanes of at least 4 members (excludes halogenated alkanes) is 1. The summed E-state index contributed by atoms with van der Waals surface area (Å²) in [6, 6.07) is 9.56. The number of hydrogen-bond donors (Lipinski definition) is 2. The molecular weight excluding hydrogens is 504 g/mol. The van der Waals surface area contributed by atoms with Gasteiger partial charge in [0.05, 0.1) is 12.6 Å². The van der Waals surface area contributed by atoms with Gasteiger partial charge in [-0.05, 0) is 25.8 Å². The van der Waals surface area contributed by atoms with Gasteiger partial charge in [0.2, 0.25) is 5.78 Å². The molecule has 11 heteroatoms. The third kappa shape index (κ3) is 8.30. The predicted molar refractivity (Wildman–Crippen MR) is 142 cm³/mol. The number of carbonyl (C=O) groups is 4. The SMILES string of the molecule is CCCC[C@H](NC(=O)O[C@H]1CN(C(=O)OCc2cc(C)on2)CC1(C)C)C(=O)C(=O)N[C@H](C)c1ccccc1. The Kier molecular flexibility index (Phi) is 10.1. The van der Waals surface area contributed by atoms with Crippen molar-refractivity contribution >= 4 is 23.9 Å². The van der Waals surface area contributed by atoms with Crippen LogP contribution < -0.4 is 10.6 Å². The van der Waals surface area contributed by atoms with Gasteiger partial charge in [0.1, 0.15) is 30.2 Å². The van der Waals surface area contributed by atoms with Gasteiger partial charge < -0.3 is 29.5 Å². The fraction of sp³-hybridized carbons (Fsp3) is 0.536. The zero-order valence-corrected chi connectivity index (χ0v) is 23.2. The first-order valence-corrected chi connectivity index (χ1v) is 13.2. The molecule has 1 aromatic carbocycles. The van der Waals surface area contributed by atoms with E-state index >= 15 is 0 Å². The molecule has 1 aliphatic rings. The topological polar surface area (TPSA) is 140 Å². The van der Waals surface area contributed by atoms with E-state index in [-0.39, 0.29) is 19.2 Å². The standard InChI is InChI=1S/C28H38N4O7/c1-6-7-13-22(24(33)25(34)29-19(3)20-11-9-8-10-12-20)30-26(35)38-23-15-32(17-28(23,4)5)27(36)37-16-21-14-18(2)39-31-21/h8-12,14,19,22-23H,6-7,13,15-17H2,1-5H3,(H,29,34)(H,30,35)/t19-,22+,23+/m1/s1. The predicted octanol–water partition coefficient (Wildman–Crippen LogP) is 4.06. The number of nitrogens with zero attached hydrogens (tertiary/aromatic N) is 2. The normalized spacial score (nSPS) is 17.7. The molecule has 0 aliphatic carbocycles. The molecule has 2 aromatic rings. The van der Waals surface area contributed by atoms with Crippen LogP contribution in [0, 0.1) is 12.3 Å². The molecule has 1 aromatic heterocycles. The van der Waals surface area contributed by atoms with Crippen molar-refractivity contribution in [2.45, 2.75) is 78.7 Å². The first-order valence-electron chi connectivity index (χ1n) is 13.2. The van der Waals surface area contributed by atoms with Gasteiger partial charge in [0.15, 0.2) is 0 Å². The number of benzene rings is 1. The molecule has 11 nitrogen and oxygen atoms in total. The molecule has 1 fully saturated rings.